The van der Waals surface area contributed by atoms with E-state index in [1.807, 2.05) is 31.2 Å². The molecule has 112 valence electrons. The van der Waals surface area contributed by atoms with E-state index in [9.17, 15) is 4.79 Å². The average Bonchev–Trinajstić information content (AvgIpc) is 2.50. The number of hydrogen-bond donors (Lipinski definition) is 2. The molecule has 0 radical (unpaired) electrons. The molecule has 0 fully saturated rings. The van der Waals surface area contributed by atoms with Gasteiger partial charge in [-0.15, -0.1) is 0 Å². The highest BCUT2D eigenvalue weighted by Gasteiger charge is 2.04. The lowest BCUT2D eigenvalue weighted by Gasteiger charge is -2.09. The number of benzene rings is 1. The van der Waals surface area contributed by atoms with Crippen molar-refractivity contribution in [1.29, 1.82) is 0 Å². The molecular formula is C16H21N3O2. The van der Waals surface area contributed by atoms with E-state index in [4.69, 9.17) is 10.6 Å². The summed E-state index contributed by atoms with van der Waals surface area (Å²) in [5.74, 6) is 5.72. The smallest absolute Gasteiger partial charge is 0.233 e. The van der Waals surface area contributed by atoms with Crippen LogP contribution in [0, 0.1) is 6.92 Å². The molecule has 1 amide bonds. The zero-order valence-corrected chi connectivity index (χ0v) is 12.3. The van der Waals surface area contributed by atoms with Crippen molar-refractivity contribution in [2.75, 3.05) is 6.61 Å². The van der Waals surface area contributed by atoms with Crippen molar-refractivity contribution in [3.05, 3.63) is 36.0 Å². The molecular weight excluding hydrogens is 266 g/mol. The third kappa shape index (κ3) is 4.43. The van der Waals surface area contributed by atoms with E-state index >= 15 is 0 Å². The van der Waals surface area contributed by atoms with Gasteiger partial charge in [-0.3, -0.25) is 10.2 Å². The van der Waals surface area contributed by atoms with Crippen molar-refractivity contribution in [1.82, 2.24) is 10.4 Å². The minimum Gasteiger partial charge on any atom is -0.491 e. The normalized spacial score (nSPS) is 10.6. The standard InChI is InChI=1S/C16H21N3O2/c1-12-9-10-13-6-5-7-14(16(13)18-12)21-11-4-2-3-8-15(20)19-17/h5-7,9-10H,2-4,8,11,17H2,1H3,(H,19,20). The van der Waals surface area contributed by atoms with Crippen LogP contribution in [-0.2, 0) is 4.79 Å². The summed E-state index contributed by atoms with van der Waals surface area (Å²) in [4.78, 5) is 15.5. The number of carbonyl (C=O) groups is 1. The number of unbranched alkanes of at least 4 members (excludes halogenated alkanes) is 2. The summed E-state index contributed by atoms with van der Waals surface area (Å²) in [5.41, 5.74) is 4.01. The Hall–Kier alpha value is -2.14. The van der Waals surface area contributed by atoms with E-state index in [1.165, 1.54) is 0 Å². The summed E-state index contributed by atoms with van der Waals surface area (Å²) < 4.78 is 5.82. The van der Waals surface area contributed by atoms with Crippen LogP contribution >= 0.6 is 0 Å². The summed E-state index contributed by atoms with van der Waals surface area (Å²) >= 11 is 0. The van der Waals surface area contributed by atoms with E-state index in [0.29, 0.717) is 13.0 Å². The number of ether oxygens (including phenoxy) is 1. The zero-order chi connectivity index (χ0) is 15.1. The van der Waals surface area contributed by atoms with Crippen molar-refractivity contribution in [2.24, 2.45) is 5.84 Å². The van der Waals surface area contributed by atoms with E-state index in [2.05, 4.69) is 16.5 Å². The van der Waals surface area contributed by atoms with Gasteiger partial charge in [0.25, 0.3) is 0 Å². The Kier molecular flexibility index (Phi) is 5.51. The molecule has 21 heavy (non-hydrogen) atoms. The number of aryl methyl sites for hydroxylation is 1. The highest BCUT2D eigenvalue weighted by atomic mass is 16.5. The fourth-order valence-corrected chi connectivity index (χ4v) is 2.15. The second-order valence-electron chi connectivity index (χ2n) is 5.01. The van der Waals surface area contributed by atoms with Crippen LogP contribution in [0.25, 0.3) is 10.9 Å². The van der Waals surface area contributed by atoms with Gasteiger partial charge in [-0.05, 0) is 38.3 Å². The van der Waals surface area contributed by atoms with E-state index in [1.54, 1.807) is 0 Å². The van der Waals surface area contributed by atoms with Crippen LogP contribution in [0.4, 0.5) is 0 Å². The van der Waals surface area contributed by atoms with Crippen LogP contribution in [0.15, 0.2) is 30.3 Å². The summed E-state index contributed by atoms with van der Waals surface area (Å²) in [6.07, 6.45) is 3.12. The molecule has 0 atom stereocenters. The number of hydrazine groups is 1. The third-order valence-corrected chi connectivity index (χ3v) is 3.29. The molecule has 3 N–H and O–H groups in total. The summed E-state index contributed by atoms with van der Waals surface area (Å²) in [6, 6.07) is 9.99. The predicted molar refractivity (Wildman–Crippen MR) is 82.8 cm³/mol. The number of pyridine rings is 1. The lowest BCUT2D eigenvalue weighted by molar-refractivity contribution is -0.121. The number of hydrogen-bond acceptors (Lipinski definition) is 4. The number of carbonyl (C=O) groups excluding carboxylic acids is 1. The molecule has 5 heteroatoms. The Morgan fingerprint density at radius 3 is 2.90 bits per heavy atom. The number of amides is 1. The van der Waals surface area contributed by atoms with Crippen LogP contribution in [0.1, 0.15) is 31.4 Å². The molecule has 1 aromatic carbocycles. The molecule has 0 saturated heterocycles. The second-order valence-corrected chi connectivity index (χ2v) is 5.01. The number of nitrogens with zero attached hydrogens (tertiary/aromatic N) is 1. The van der Waals surface area contributed by atoms with Crippen molar-refractivity contribution >= 4 is 16.8 Å². The average molecular weight is 287 g/mol. The lowest BCUT2D eigenvalue weighted by atomic mass is 10.2. The topological polar surface area (TPSA) is 77.2 Å². The van der Waals surface area contributed by atoms with Gasteiger partial charge in [-0.2, -0.15) is 0 Å². The van der Waals surface area contributed by atoms with Gasteiger partial charge in [0.05, 0.1) is 6.61 Å². The maximum absolute atomic E-state index is 11.0. The predicted octanol–water partition coefficient (Wildman–Crippen LogP) is 2.47. The Morgan fingerprint density at radius 1 is 1.24 bits per heavy atom. The summed E-state index contributed by atoms with van der Waals surface area (Å²) in [5, 5.41) is 1.08. The number of fused-ring (bicyclic) bond motifs is 1. The number of para-hydroxylation sites is 1. The molecule has 0 unspecified atom stereocenters. The molecule has 0 aliphatic rings. The first-order chi connectivity index (χ1) is 10.2. The first kappa shape index (κ1) is 15.3. The molecule has 2 rings (SSSR count). The van der Waals surface area contributed by atoms with Gasteiger partial charge < -0.3 is 4.74 Å². The molecule has 1 aromatic heterocycles. The van der Waals surface area contributed by atoms with Crippen molar-refractivity contribution < 1.29 is 9.53 Å². The van der Waals surface area contributed by atoms with Crippen LogP contribution in [0.2, 0.25) is 0 Å². The fourth-order valence-electron chi connectivity index (χ4n) is 2.15. The monoisotopic (exact) mass is 287 g/mol. The number of nitrogens with one attached hydrogen (secondary N) is 1. The van der Waals surface area contributed by atoms with Crippen LogP contribution in [0.3, 0.4) is 0 Å². The summed E-state index contributed by atoms with van der Waals surface area (Å²) in [6.45, 7) is 2.59. The lowest BCUT2D eigenvalue weighted by Crippen LogP contribution is -2.29. The van der Waals surface area contributed by atoms with Gasteiger partial charge in [0, 0.05) is 17.5 Å². The second kappa shape index (κ2) is 7.59. The van der Waals surface area contributed by atoms with Crippen molar-refractivity contribution in [3.8, 4) is 5.75 Å². The maximum Gasteiger partial charge on any atom is 0.233 e. The molecule has 1 heterocycles. The van der Waals surface area contributed by atoms with Crippen molar-refractivity contribution in [2.45, 2.75) is 32.6 Å². The van der Waals surface area contributed by atoms with E-state index in [0.717, 1.165) is 41.6 Å². The summed E-state index contributed by atoms with van der Waals surface area (Å²) in [7, 11) is 0. The quantitative estimate of drug-likeness (QED) is 0.355. The van der Waals surface area contributed by atoms with Gasteiger partial charge in [0.2, 0.25) is 5.91 Å². The van der Waals surface area contributed by atoms with Gasteiger partial charge in [-0.1, -0.05) is 18.2 Å². The minimum absolute atomic E-state index is 0.121. The van der Waals surface area contributed by atoms with Crippen molar-refractivity contribution in [3.63, 3.8) is 0 Å². The minimum atomic E-state index is -0.121. The first-order valence-corrected chi connectivity index (χ1v) is 7.19. The third-order valence-electron chi connectivity index (χ3n) is 3.29. The SMILES string of the molecule is Cc1ccc2cccc(OCCCCCC(=O)NN)c2n1. The zero-order valence-electron chi connectivity index (χ0n) is 12.3. The Bertz CT molecular complexity index is 613. The maximum atomic E-state index is 11.0. The number of nitrogens with two attached hydrogens (primary N) is 1. The van der Waals surface area contributed by atoms with E-state index < -0.39 is 0 Å². The first-order valence-electron chi connectivity index (χ1n) is 7.19. The van der Waals surface area contributed by atoms with E-state index in [-0.39, 0.29) is 5.91 Å². The molecule has 0 aliphatic carbocycles. The van der Waals surface area contributed by atoms with Gasteiger partial charge in [0.15, 0.2) is 0 Å². The number of rotatable bonds is 7. The largest absolute Gasteiger partial charge is 0.491 e. The Labute approximate surface area is 124 Å². The molecule has 2 aromatic rings. The molecule has 0 bridgehead atoms. The highest BCUT2D eigenvalue weighted by Crippen LogP contribution is 2.24. The Balaban J connectivity index is 1.84. The molecule has 0 spiro atoms. The molecule has 0 saturated carbocycles. The highest BCUT2D eigenvalue weighted by molar-refractivity contribution is 5.84. The Morgan fingerprint density at radius 2 is 2.10 bits per heavy atom. The van der Waals surface area contributed by atoms with Gasteiger partial charge >= 0.3 is 0 Å². The number of aromatic nitrogens is 1. The molecule has 5 nitrogen and oxygen atoms in total. The van der Waals surface area contributed by atoms with Gasteiger partial charge in [0.1, 0.15) is 11.3 Å². The fraction of sp³-hybridized carbons (Fsp3) is 0.375. The molecule has 0 aliphatic heterocycles. The van der Waals surface area contributed by atoms with Crippen LogP contribution < -0.4 is 16.0 Å². The van der Waals surface area contributed by atoms with Gasteiger partial charge in [-0.25, -0.2) is 10.8 Å². The van der Waals surface area contributed by atoms with Crippen LogP contribution in [0.5, 0.6) is 5.75 Å². The van der Waals surface area contributed by atoms with Crippen LogP contribution in [-0.4, -0.2) is 17.5 Å².